The van der Waals surface area contributed by atoms with E-state index in [0.29, 0.717) is 23.1 Å². The van der Waals surface area contributed by atoms with Crippen molar-refractivity contribution in [3.63, 3.8) is 0 Å². The highest BCUT2D eigenvalue weighted by molar-refractivity contribution is 7.84. The fourth-order valence-electron chi connectivity index (χ4n) is 3.24. The Bertz CT molecular complexity index is 775. The summed E-state index contributed by atoms with van der Waals surface area (Å²) in [7, 11) is -1.36. The number of nitrogens with zero attached hydrogens (tertiary/aromatic N) is 1. The summed E-state index contributed by atoms with van der Waals surface area (Å²) >= 11 is 0. The highest BCUT2D eigenvalue weighted by Crippen LogP contribution is 2.23. The van der Waals surface area contributed by atoms with Crippen molar-refractivity contribution in [1.82, 2.24) is 10.3 Å². The van der Waals surface area contributed by atoms with Crippen LogP contribution in [0.2, 0.25) is 0 Å². The van der Waals surface area contributed by atoms with Crippen molar-refractivity contribution >= 4 is 16.7 Å². The second kappa shape index (κ2) is 8.58. The molecular formula is C19H23FN2O3S. The third-order valence-corrected chi connectivity index (χ3v) is 5.90. The van der Waals surface area contributed by atoms with Gasteiger partial charge in [0.15, 0.2) is 0 Å². The number of rotatable bonds is 6. The first kappa shape index (κ1) is 18.8. The Hall–Kier alpha value is -2.02. The van der Waals surface area contributed by atoms with Gasteiger partial charge in [-0.3, -0.25) is 9.00 Å². The molecule has 1 amide bonds. The van der Waals surface area contributed by atoms with Gasteiger partial charge in [-0.15, -0.1) is 0 Å². The molecule has 0 saturated heterocycles. The zero-order valence-corrected chi connectivity index (χ0v) is 15.6. The van der Waals surface area contributed by atoms with Gasteiger partial charge in [0, 0.05) is 22.4 Å². The van der Waals surface area contributed by atoms with Crippen molar-refractivity contribution in [3.8, 4) is 11.5 Å². The molecule has 26 heavy (non-hydrogen) atoms. The maximum Gasteiger partial charge on any atom is 0.232 e. The van der Waals surface area contributed by atoms with Crippen molar-refractivity contribution in [2.24, 2.45) is 5.92 Å². The van der Waals surface area contributed by atoms with Crippen LogP contribution in [-0.4, -0.2) is 26.9 Å². The maximum absolute atomic E-state index is 13.0. The number of aromatic nitrogens is 1. The molecule has 0 bridgehead atoms. The van der Waals surface area contributed by atoms with Gasteiger partial charge in [-0.25, -0.2) is 9.37 Å². The van der Waals surface area contributed by atoms with Gasteiger partial charge in [0.2, 0.25) is 11.8 Å². The number of hydrogen-bond acceptors (Lipinski definition) is 4. The summed E-state index contributed by atoms with van der Waals surface area (Å²) in [5.74, 6) is 0.414. The van der Waals surface area contributed by atoms with E-state index in [1.807, 2.05) is 0 Å². The predicted octanol–water partition coefficient (Wildman–Crippen LogP) is 3.42. The lowest BCUT2D eigenvalue weighted by Gasteiger charge is -2.29. The first-order chi connectivity index (χ1) is 12.5. The summed E-state index contributed by atoms with van der Waals surface area (Å²) < 4.78 is 30.6. The predicted molar refractivity (Wildman–Crippen MR) is 98.2 cm³/mol. The van der Waals surface area contributed by atoms with Crippen molar-refractivity contribution in [2.75, 3.05) is 5.75 Å². The number of oxazole rings is 1. The molecule has 1 aliphatic carbocycles. The minimum atomic E-state index is -1.36. The Labute approximate surface area is 154 Å². The average Bonchev–Trinajstić information content (AvgIpc) is 3.05. The average molecular weight is 378 g/mol. The standard InChI is InChI=1S/C19H23FN2O3S/c1-13-4-2-3-5-17(13)22-18(23)12-26(24)11-16-10-25-19(21-16)14-6-8-15(20)9-7-14/h6-10,13,17H,2-5,11-12H2,1H3,(H,22,23)/t13-,17-,26+/m1/s1. The van der Waals surface area contributed by atoms with E-state index in [1.165, 1.54) is 24.8 Å². The van der Waals surface area contributed by atoms with Crippen LogP contribution in [0.4, 0.5) is 4.39 Å². The zero-order chi connectivity index (χ0) is 18.5. The molecule has 2 aromatic rings. The summed E-state index contributed by atoms with van der Waals surface area (Å²) in [6.45, 7) is 2.15. The molecule has 1 aromatic carbocycles. The van der Waals surface area contributed by atoms with Crippen molar-refractivity contribution < 1.29 is 17.8 Å². The van der Waals surface area contributed by atoms with Crippen LogP contribution < -0.4 is 5.32 Å². The lowest BCUT2D eigenvalue weighted by molar-refractivity contribution is -0.119. The largest absolute Gasteiger partial charge is 0.444 e. The van der Waals surface area contributed by atoms with E-state index in [4.69, 9.17) is 4.42 Å². The highest BCUT2D eigenvalue weighted by Gasteiger charge is 2.23. The molecule has 1 N–H and O–H groups in total. The van der Waals surface area contributed by atoms with Gasteiger partial charge in [-0.05, 0) is 43.0 Å². The number of carbonyl (C=O) groups is 1. The molecule has 7 heteroatoms. The smallest absolute Gasteiger partial charge is 0.232 e. The topological polar surface area (TPSA) is 72.2 Å². The molecule has 1 saturated carbocycles. The zero-order valence-electron chi connectivity index (χ0n) is 14.7. The van der Waals surface area contributed by atoms with Crippen molar-refractivity contribution in [1.29, 1.82) is 0 Å². The number of carbonyl (C=O) groups excluding carboxylic acids is 1. The molecule has 0 radical (unpaired) electrons. The van der Waals surface area contributed by atoms with Crippen LogP contribution in [0.15, 0.2) is 34.9 Å². The molecular weight excluding hydrogens is 355 g/mol. The third kappa shape index (κ3) is 5.00. The van der Waals surface area contributed by atoms with E-state index in [1.54, 1.807) is 12.1 Å². The Morgan fingerprint density at radius 3 is 2.77 bits per heavy atom. The molecule has 140 valence electrons. The van der Waals surface area contributed by atoms with E-state index in [9.17, 15) is 13.4 Å². The molecule has 1 aliphatic rings. The Kier molecular flexibility index (Phi) is 6.19. The fourth-order valence-corrected chi connectivity index (χ4v) is 4.18. The summed E-state index contributed by atoms with van der Waals surface area (Å²) in [4.78, 5) is 16.4. The molecule has 0 unspecified atom stereocenters. The number of hydrogen-bond donors (Lipinski definition) is 1. The van der Waals surface area contributed by atoms with Crippen LogP contribution in [0.3, 0.4) is 0 Å². The van der Waals surface area contributed by atoms with Gasteiger partial charge in [0.05, 0.1) is 11.4 Å². The lowest BCUT2D eigenvalue weighted by atomic mass is 9.86. The molecule has 1 heterocycles. The van der Waals surface area contributed by atoms with Crippen LogP contribution in [-0.2, 0) is 21.3 Å². The molecule has 3 rings (SSSR count). The Morgan fingerprint density at radius 2 is 2.04 bits per heavy atom. The van der Waals surface area contributed by atoms with Crippen molar-refractivity contribution in [2.45, 2.75) is 44.4 Å². The molecule has 0 aliphatic heterocycles. The van der Waals surface area contributed by atoms with Crippen LogP contribution in [0.5, 0.6) is 0 Å². The van der Waals surface area contributed by atoms with E-state index >= 15 is 0 Å². The van der Waals surface area contributed by atoms with Gasteiger partial charge >= 0.3 is 0 Å². The number of nitrogens with one attached hydrogen (secondary N) is 1. The SMILES string of the molecule is C[C@@H]1CCCC[C@H]1NC(=O)C[S@@](=O)Cc1coc(-c2ccc(F)cc2)n1. The van der Waals surface area contributed by atoms with Gasteiger partial charge in [-0.2, -0.15) is 0 Å². The normalized spacial score (nSPS) is 21.3. The van der Waals surface area contributed by atoms with E-state index < -0.39 is 10.8 Å². The molecule has 1 aromatic heterocycles. The minimum Gasteiger partial charge on any atom is -0.444 e. The van der Waals surface area contributed by atoms with E-state index in [2.05, 4.69) is 17.2 Å². The van der Waals surface area contributed by atoms with Crippen LogP contribution in [0.25, 0.3) is 11.5 Å². The summed E-state index contributed by atoms with van der Waals surface area (Å²) in [5, 5.41) is 3.01. The lowest BCUT2D eigenvalue weighted by Crippen LogP contribution is -2.42. The number of amides is 1. The van der Waals surface area contributed by atoms with Gasteiger partial charge in [-0.1, -0.05) is 19.8 Å². The fraction of sp³-hybridized carbons (Fsp3) is 0.474. The van der Waals surface area contributed by atoms with Gasteiger partial charge in [0.1, 0.15) is 17.8 Å². The van der Waals surface area contributed by atoms with Crippen LogP contribution in [0, 0.1) is 11.7 Å². The Morgan fingerprint density at radius 1 is 1.31 bits per heavy atom. The molecule has 3 atom stereocenters. The first-order valence-electron chi connectivity index (χ1n) is 8.86. The molecule has 1 fully saturated rings. The summed E-state index contributed by atoms with van der Waals surface area (Å²) in [5.41, 5.74) is 1.16. The van der Waals surface area contributed by atoms with E-state index in [-0.39, 0.29) is 29.3 Å². The second-order valence-corrected chi connectivity index (χ2v) is 8.27. The second-order valence-electron chi connectivity index (χ2n) is 6.82. The summed E-state index contributed by atoms with van der Waals surface area (Å²) in [6, 6.07) is 5.98. The molecule has 5 nitrogen and oxygen atoms in total. The van der Waals surface area contributed by atoms with Gasteiger partial charge < -0.3 is 9.73 Å². The third-order valence-electron chi connectivity index (χ3n) is 4.70. The maximum atomic E-state index is 13.0. The number of benzene rings is 1. The highest BCUT2D eigenvalue weighted by atomic mass is 32.2. The molecule has 0 spiro atoms. The van der Waals surface area contributed by atoms with E-state index in [0.717, 1.165) is 19.3 Å². The first-order valence-corrected chi connectivity index (χ1v) is 10.3. The monoisotopic (exact) mass is 378 g/mol. The minimum absolute atomic E-state index is 0.0397. The van der Waals surface area contributed by atoms with Crippen LogP contribution >= 0.6 is 0 Å². The number of halogens is 1. The summed E-state index contributed by atoms with van der Waals surface area (Å²) in [6.07, 6.45) is 5.88. The Balaban J connectivity index is 1.51. The van der Waals surface area contributed by atoms with Gasteiger partial charge in [0.25, 0.3) is 0 Å². The van der Waals surface area contributed by atoms with Crippen LogP contribution in [0.1, 0.15) is 38.3 Å². The van der Waals surface area contributed by atoms with Crippen molar-refractivity contribution in [3.05, 3.63) is 42.0 Å². The quantitative estimate of drug-likeness (QED) is 0.836.